The van der Waals surface area contributed by atoms with Crippen LogP contribution >= 0.6 is 28.1 Å². The van der Waals surface area contributed by atoms with E-state index in [9.17, 15) is 0 Å². The lowest BCUT2D eigenvalue weighted by atomic mass is 10.2. The van der Waals surface area contributed by atoms with Crippen molar-refractivity contribution in [3.8, 4) is 0 Å². The molecule has 0 radical (unpaired) electrons. The Balaban J connectivity index is 1.75. The molecule has 0 aliphatic heterocycles. The summed E-state index contributed by atoms with van der Waals surface area (Å²) in [6.07, 6.45) is 4.64. The van der Waals surface area contributed by atoms with Gasteiger partial charge in [-0.05, 0) is 43.3 Å². The Hall–Kier alpha value is -1.44. The number of hydrogen-bond donors (Lipinski definition) is 2. The van der Waals surface area contributed by atoms with Crippen LogP contribution in [0.25, 0.3) is 0 Å². The first-order chi connectivity index (χ1) is 11.2. The highest BCUT2D eigenvalue weighted by Gasteiger charge is 2.02. The molecule has 0 bridgehead atoms. The SMILES string of the molecule is CCOCCCNC(=S)Nc1cnn(Cc2ccc(Br)cc2)c1. The molecule has 0 atom stereocenters. The zero-order valence-electron chi connectivity index (χ0n) is 13.1. The number of rotatable bonds is 8. The smallest absolute Gasteiger partial charge is 0.170 e. The van der Waals surface area contributed by atoms with Crippen LogP contribution in [0.5, 0.6) is 0 Å². The summed E-state index contributed by atoms with van der Waals surface area (Å²) < 4.78 is 8.23. The maximum Gasteiger partial charge on any atom is 0.170 e. The third-order valence-electron chi connectivity index (χ3n) is 3.10. The number of hydrogen-bond acceptors (Lipinski definition) is 3. The van der Waals surface area contributed by atoms with Crippen LogP contribution in [0, 0.1) is 0 Å². The lowest BCUT2D eigenvalue weighted by Gasteiger charge is -2.08. The van der Waals surface area contributed by atoms with Gasteiger partial charge in [0.2, 0.25) is 0 Å². The van der Waals surface area contributed by atoms with Crippen LogP contribution in [0.1, 0.15) is 18.9 Å². The monoisotopic (exact) mass is 396 g/mol. The number of nitrogens with zero attached hydrogens (tertiary/aromatic N) is 2. The molecule has 1 aromatic heterocycles. The second-order valence-corrected chi connectivity index (χ2v) is 6.31. The molecule has 0 fully saturated rings. The fourth-order valence-electron chi connectivity index (χ4n) is 1.99. The molecule has 23 heavy (non-hydrogen) atoms. The summed E-state index contributed by atoms with van der Waals surface area (Å²) >= 11 is 8.70. The van der Waals surface area contributed by atoms with Gasteiger partial charge in [-0.3, -0.25) is 4.68 Å². The number of nitrogens with one attached hydrogen (secondary N) is 2. The lowest BCUT2D eigenvalue weighted by molar-refractivity contribution is 0.146. The third kappa shape index (κ3) is 6.68. The molecule has 1 heterocycles. The molecular weight excluding hydrogens is 376 g/mol. The zero-order chi connectivity index (χ0) is 16.5. The highest BCUT2D eigenvalue weighted by atomic mass is 79.9. The summed E-state index contributed by atoms with van der Waals surface area (Å²) in [4.78, 5) is 0. The van der Waals surface area contributed by atoms with Crippen molar-refractivity contribution in [3.05, 3.63) is 46.7 Å². The number of aromatic nitrogens is 2. The Morgan fingerprint density at radius 1 is 1.35 bits per heavy atom. The standard InChI is InChI=1S/C16H21BrN4OS/c1-2-22-9-3-8-18-16(23)20-15-10-19-21(12-15)11-13-4-6-14(17)7-5-13/h4-7,10,12H,2-3,8-9,11H2,1H3,(H2,18,20,23). The van der Waals surface area contributed by atoms with Gasteiger partial charge in [-0.1, -0.05) is 28.1 Å². The number of anilines is 1. The topological polar surface area (TPSA) is 51.1 Å². The average Bonchev–Trinajstić information content (AvgIpc) is 2.96. The molecule has 1 aromatic carbocycles. The Morgan fingerprint density at radius 2 is 2.13 bits per heavy atom. The van der Waals surface area contributed by atoms with Crippen molar-refractivity contribution in [1.29, 1.82) is 0 Å². The van der Waals surface area contributed by atoms with Gasteiger partial charge in [0, 0.05) is 30.4 Å². The Morgan fingerprint density at radius 3 is 2.87 bits per heavy atom. The average molecular weight is 397 g/mol. The first-order valence-corrected chi connectivity index (χ1v) is 8.77. The quantitative estimate of drug-likeness (QED) is 0.528. The van der Waals surface area contributed by atoms with E-state index < -0.39 is 0 Å². The van der Waals surface area contributed by atoms with E-state index >= 15 is 0 Å². The van der Waals surface area contributed by atoms with Crippen molar-refractivity contribution in [2.75, 3.05) is 25.1 Å². The van der Waals surface area contributed by atoms with Gasteiger partial charge in [0.1, 0.15) is 0 Å². The van der Waals surface area contributed by atoms with E-state index in [0.29, 0.717) is 5.11 Å². The van der Waals surface area contributed by atoms with E-state index in [0.717, 1.165) is 42.9 Å². The van der Waals surface area contributed by atoms with Crippen LogP contribution < -0.4 is 10.6 Å². The minimum atomic E-state index is 0.602. The maximum absolute atomic E-state index is 5.28. The molecule has 2 rings (SSSR count). The van der Waals surface area contributed by atoms with Crippen LogP contribution in [0.4, 0.5) is 5.69 Å². The van der Waals surface area contributed by atoms with Gasteiger partial charge in [0.15, 0.2) is 5.11 Å². The number of halogens is 1. The van der Waals surface area contributed by atoms with Gasteiger partial charge in [-0.2, -0.15) is 5.10 Å². The molecule has 0 spiro atoms. The number of ether oxygens (including phenoxy) is 1. The minimum absolute atomic E-state index is 0.602. The summed E-state index contributed by atoms with van der Waals surface area (Å²) in [5.41, 5.74) is 2.07. The number of thiocarbonyl (C=S) groups is 1. The summed E-state index contributed by atoms with van der Waals surface area (Å²) in [6, 6.07) is 8.20. The molecule has 2 aromatic rings. The molecule has 7 heteroatoms. The molecule has 0 aliphatic rings. The van der Waals surface area contributed by atoms with Crippen LogP contribution in [0.3, 0.4) is 0 Å². The van der Waals surface area contributed by atoms with Gasteiger partial charge in [-0.25, -0.2) is 0 Å². The predicted molar refractivity (Wildman–Crippen MR) is 101 cm³/mol. The summed E-state index contributed by atoms with van der Waals surface area (Å²) in [6.45, 7) is 5.01. The van der Waals surface area contributed by atoms with Crippen molar-refractivity contribution in [3.63, 3.8) is 0 Å². The molecule has 2 N–H and O–H groups in total. The van der Waals surface area contributed by atoms with E-state index in [2.05, 4.69) is 43.8 Å². The zero-order valence-corrected chi connectivity index (χ0v) is 15.5. The summed E-state index contributed by atoms with van der Waals surface area (Å²) in [5, 5.41) is 11.2. The van der Waals surface area contributed by atoms with Crippen molar-refractivity contribution in [2.24, 2.45) is 0 Å². The highest BCUT2D eigenvalue weighted by Crippen LogP contribution is 2.12. The second-order valence-electron chi connectivity index (χ2n) is 4.98. The fraction of sp³-hybridized carbons (Fsp3) is 0.375. The molecule has 0 saturated carbocycles. The Bertz CT molecular complexity index is 615. The predicted octanol–water partition coefficient (Wildman–Crippen LogP) is 3.41. The second kappa shape index (κ2) is 9.64. The molecule has 0 unspecified atom stereocenters. The van der Waals surface area contributed by atoms with E-state index in [4.69, 9.17) is 17.0 Å². The molecular formula is C16H21BrN4OS. The first-order valence-electron chi connectivity index (χ1n) is 7.57. The van der Waals surface area contributed by atoms with Gasteiger partial charge >= 0.3 is 0 Å². The van der Waals surface area contributed by atoms with Gasteiger partial charge < -0.3 is 15.4 Å². The van der Waals surface area contributed by atoms with Crippen LogP contribution in [0.15, 0.2) is 41.1 Å². The van der Waals surface area contributed by atoms with Crippen LogP contribution in [0.2, 0.25) is 0 Å². The summed E-state index contributed by atoms with van der Waals surface area (Å²) in [7, 11) is 0. The summed E-state index contributed by atoms with van der Waals surface area (Å²) in [5.74, 6) is 0. The maximum atomic E-state index is 5.28. The third-order valence-corrected chi connectivity index (χ3v) is 3.88. The Labute approximate surface area is 150 Å². The number of benzene rings is 1. The Kier molecular flexibility index (Phi) is 7.51. The van der Waals surface area contributed by atoms with Crippen molar-refractivity contribution in [2.45, 2.75) is 19.9 Å². The molecule has 0 saturated heterocycles. The van der Waals surface area contributed by atoms with E-state index in [-0.39, 0.29) is 0 Å². The van der Waals surface area contributed by atoms with Gasteiger partial charge in [0.05, 0.1) is 18.4 Å². The van der Waals surface area contributed by atoms with Crippen molar-refractivity contribution < 1.29 is 4.74 Å². The lowest BCUT2D eigenvalue weighted by Crippen LogP contribution is -2.29. The van der Waals surface area contributed by atoms with E-state index in [1.165, 1.54) is 5.56 Å². The highest BCUT2D eigenvalue weighted by molar-refractivity contribution is 9.10. The minimum Gasteiger partial charge on any atom is -0.382 e. The van der Waals surface area contributed by atoms with E-state index in [1.54, 1.807) is 6.20 Å². The fourth-order valence-corrected chi connectivity index (χ4v) is 2.47. The molecule has 5 nitrogen and oxygen atoms in total. The molecule has 124 valence electrons. The van der Waals surface area contributed by atoms with Crippen molar-refractivity contribution in [1.82, 2.24) is 15.1 Å². The van der Waals surface area contributed by atoms with E-state index in [1.807, 2.05) is 29.9 Å². The largest absolute Gasteiger partial charge is 0.382 e. The van der Waals surface area contributed by atoms with Crippen molar-refractivity contribution >= 4 is 38.9 Å². The first kappa shape index (κ1) is 17.9. The normalized spacial score (nSPS) is 10.5. The van der Waals surface area contributed by atoms with Gasteiger partial charge in [0.25, 0.3) is 0 Å². The molecule has 0 amide bonds. The van der Waals surface area contributed by atoms with Gasteiger partial charge in [-0.15, -0.1) is 0 Å². The van der Waals surface area contributed by atoms with Crippen LogP contribution in [-0.2, 0) is 11.3 Å². The molecule has 0 aliphatic carbocycles. The van der Waals surface area contributed by atoms with Crippen LogP contribution in [-0.4, -0.2) is 34.7 Å².